The molecule has 2 rings (SSSR count). The van der Waals surface area contributed by atoms with Crippen LogP contribution in [-0.2, 0) is 11.3 Å². The van der Waals surface area contributed by atoms with E-state index < -0.39 is 0 Å². The van der Waals surface area contributed by atoms with Gasteiger partial charge in [0.1, 0.15) is 11.6 Å². The summed E-state index contributed by atoms with van der Waals surface area (Å²) < 4.78 is 17.5. The third-order valence-electron chi connectivity index (χ3n) is 3.33. The minimum absolute atomic E-state index is 0.432. The van der Waals surface area contributed by atoms with E-state index in [1.54, 1.807) is 14.2 Å². The zero-order valence-corrected chi connectivity index (χ0v) is 16.1. The van der Waals surface area contributed by atoms with Crippen molar-refractivity contribution in [3.05, 3.63) is 58.1 Å². The van der Waals surface area contributed by atoms with E-state index in [0.29, 0.717) is 36.2 Å². The molecule has 0 aliphatic rings. The molecule has 0 fully saturated rings. The van der Waals surface area contributed by atoms with E-state index in [-0.39, 0.29) is 0 Å². The van der Waals surface area contributed by atoms with Gasteiger partial charge in [0, 0.05) is 18.1 Å². The van der Waals surface area contributed by atoms with E-state index in [1.165, 1.54) is 0 Å². The van der Waals surface area contributed by atoms with E-state index in [1.807, 2.05) is 42.5 Å². The Morgan fingerprint density at radius 2 is 1.88 bits per heavy atom. The quantitative estimate of drug-likeness (QED) is 0.527. The van der Waals surface area contributed by atoms with Gasteiger partial charge in [-0.2, -0.15) is 0 Å². The molecule has 0 aliphatic carbocycles. The molecule has 1 N–H and O–H groups in total. The van der Waals surface area contributed by atoms with Gasteiger partial charge in [-0.25, -0.2) is 0 Å². The second kappa shape index (κ2) is 9.61. The molecule has 0 atom stereocenters. The predicted octanol–water partition coefficient (Wildman–Crippen LogP) is 3.95. The van der Waals surface area contributed by atoms with Crippen molar-refractivity contribution in [3.8, 4) is 11.5 Å². The largest absolute Gasteiger partial charge is 0.493 e. The molecule has 0 saturated heterocycles. The zero-order valence-electron chi connectivity index (χ0n) is 13.7. The van der Waals surface area contributed by atoms with Crippen molar-refractivity contribution in [2.24, 2.45) is 0 Å². The van der Waals surface area contributed by atoms with Crippen molar-refractivity contribution >= 4 is 33.1 Å². The number of hydrogen-bond acceptors (Lipinski definition) is 4. The number of hydrogen-bond donors (Lipinski definition) is 1. The van der Waals surface area contributed by atoms with Crippen LogP contribution in [0.1, 0.15) is 11.1 Å². The number of methoxy groups -OCH3 is 2. The van der Waals surface area contributed by atoms with Crippen molar-refractivity contribution < 1.29 is 14.2 Å². The first-order chi connectivity index (χ1) is 11.7. The zero-order chi connectivity index (χ0) is 17.4. The van der Waals surface area contributed by atoms with Gasteiger partial charge in [-0.1, -0.05) is 46.3 Å². The Morgan fingerprint density at radius 1 is 1.12 bits per heavy atom. The number of nitrogens with one attached hydrogen (secondary N) is 1. The van der Waals surface area contributed by atoms with Gasteiger partial charge < -0.3 is 19.5 Å². The fraction of sp³-hybridized carbons (Fsp3) is 0.278. The van der Waals surface area contributed by atoms with Crippen molar-refractivity contribution in [1.82, 2.24) is 5.32 Å². The van der Waals surface area contributed by atoms with E-state index in [9.17, 15) is 0 Å². The summed E-state index contributed by atoms with van der Waals surface area (Å²) in [6.07, 6.45) is 0. The van der Waals surface area contributed by atoms with Crippen LogP contribution in [-0.4, -0.2) is 32.4 Å². The number of benzene rings is 2. The molecule has 0 heterocycles. The summed E-state index contributed by atoms with van der Waals surface area (Å²) in [5, 5.41) is 3.16. The molecule has 0 aromatic heterocycles. The Morgan fingerprint density at radius 3 is 2.54 bits per heavy atom. The Hall–Kier alpha value is -1.63. The van der Waals surface area contributed by atoms with Gasteiger partial charge in [0.2, 0.25) is 0 Å². The average molecular weight is 410 g/mol. The highest BCUT2D eigenvalue weighted by molar-refractivity contribution is 9.10. The summed E-state index contributed by atoms with van der Waals surface area (Å²) in [6, 6.07) is 13.7. The van der Waals surface area contributed by atoms with Gasteiger partial charge in [-0.15, -0.1) is 0 Å². The summed E-state index contributed by atoms with van der Waals surface area (Å²) in [6.45, 7) is 1.65. The highest BCUT2D eigenvalue weighted by Crippen LogP contribution is 2.32. The molecule has 0 unspecified atom stereocenters. The van der Waals surface area contributed by atoms with Crippen molar-refractivity contribution in [3.63, 3.8) is 0 Å². The summed E-state index contributed by atoms with van der Waals surface area (Å²) in [5.41, 5.74) is 1.87. The number of ether oxygens (including phenoxy) is 3. The van der Waals surface area contributed by atoms with Gasteiger partial charge >= 0.3 is 0 Å². The molecule has 24 heavy (non-hydrogen) atoms. The van der Waals surface area contributed by atoms with Crippen LogP contribution < -0.4 is 14.8 Å². The second-order valence-corrected chi connectivity index (χ2v) is 6.32. The van der Waals surface area contributed by atoms with Crippen LogP contribution >= 0.6 is 28.1 Å². The fourth-order valence-electron chi connectivity index (χ4n) is 2.10. The lowest BCUT2D eigenvalue weighted by Gasteiger charge is -2.16. The van der Waals surface area contributed by atoms with Crippen LogP contribution in [0, 0.1) is 0 Å². The molecular formula is C18H20BrNO3S. The SMILES string of the molecule is COCCNC(=S)c1cccc(OC)c1OCc1ccc(Br)cc1. The molecule has 0 spiro atoms. The lowest BCUT2D eigenvalue weighted by molar-refractivity contribution is 0.204. The lowest BCUT2D eigenvalue weighted by Crippen LogP contribution is -2.26. The van der Waals surface area contributed by atoms with Crippen LogP contribution in [0.15, 0.2) is 46.9 Å². The topological polar surface area (TPSA) is 39.7 Å². The maximum atomic E-state index is 6.01. The Kier molecular flexibility index (Phi) is 7.49. The third-order valence-corrected chi connectivity index (χ3v) is 4.22. The van der Waals surface area contributed by atoms with Gasteiger partial charge in [-0.3, -0.25) is 0 Å². The first kappa shape index (κ1) is 18.7. The Labute approximate surface area is 156 Å². The van der Waals surface area contributed by atoms with E-state index in [2.05, 4.69) is 21.2 Å². The third kappa shape index (κ3) is 5.19. The smallest absolute Gasteiger partial charge is 0.171 e. The highest BCUT2D eigenvalue weighted by atomic mass is 79.9. The predicted molar refractivity (Wildman–Crippen MR) is 103 cm³/mol. The number of para-hydroxylation sites is 1. The summed E-state index contributed by atoms with van der Waals surface area (Å²) >= 11 is 8.90. The molecular weight excluding hydrogens is 390 g/mol. The minimum atomic E-state index is 0.432. The fourth-order valence-corrected chi connectivity index (χ4v) is 2.63. The summed E-state index contributed by atoms with van der Waals surface area (Å²) in [4.78, 5) is 0.608. The van der Waals surface area contributed by atoms with Crippen LogP contribution in [0.4, 0.5) is 0 Å². The molecule has 0 amide bonds. The molecule has 0 aliphatic heterocycles. The first-order valence-corrected chi connectivity index (χ1v) is 8.67. The van der Waals surface area contributed by atoms with Gasteiger partial charge in [0.05, 0.1) is 19.3 Å². The molecule has 128 valence electrons. The number of thiocarbonyl (C=S) groups is 1. The van der Waals surface area contributed by atoms with Crippen molar-refractivity contribution in [2.45, 2.75) is 6.61 Å². The highest BCUT2D eigenvalue weighted by Gasteiger charge is 2.14. The normalized spacial score (nSPS) is 10.3. The van der Waals surface area contributed by atoms with Crippen molar-refractivity contribution in [2.75, 3.05) is 27.4 Å². The maximum Gasteiger partial charge on any atom is 0.171 e. The lowest BCUT2D eigenvalue weighted by atomic mass is 10.1. The van der Waals surface area contributed by atoms with Crippen LogP contribution in [0.5, 0.6) is 11.5 Å². The number of halogens is 1. The van der Waals surface area contributed by atoms with E-state index in [0.717, 1.165) is 15.6 Å². The van der Waals surface area contributed by atoms with E-state index in [4.69, 9.17) is 26.4 Å². The summed E-state index contributed by atoms with van der Waals surface area (Å²) in [5.74, 6) is 1.29. The summed E-state index contributed by atoms with van der Waals surface area (Å²) in [7, 11) is 3.27. The molecule has 0 bridgehead atoms. The monoisotopic (exact) mass is 409 g/mol. The molecule has 0 radical (unpaired) electrons. The van der Waals surface area contributed by atoms with Gasteiger partial charge in [0.25, 0.3) is 0 Å². The molecule has 4 nitrogen and oxygen atoms in total. The second-order valence-electron chi connectivity index (χ2n) is 5.00. The molecule has 2 aromatic rings. The standard InChI is InChI=1S/C18H20BrNO3S/c1-21-11-10-20-18(24)15-4-3-5-16(22-2)17(15)23-12-13-6-8-14(19)9-7-13/h3-9H,10-12H2,1-2H3,(H,20,24). The average Bonchev–Trinajstić information content (AvgIpc) is 2.61. The molecule has 2 aromatic carbocycles. The van der Waals surface area contributed by atoms with Crippen LogP contribution in [0.25, 0.3) is 0 Å². The van der Waals surface area contributed by atoms with Gasteiger partial charge in [-0.05, 0) is 29.8 Å². The minimum Gasteiger partial charge on any atom is -0.493 e. The molecule has 6 heteroatoms. The maximum absolute atomic E-state index is 6.01. The Balaban J connectivity index is 2.16. The van der Waals surface area contributed by atoms with Crippen LogP contribution in [0.2, 0.25) is 0 Å². The van der Waals surface area contributed by atoms with Crippen LogP contribution in [0.3, 0.4) is 0 Å². The molecule has 0 saturated carbocycles. The first-order valence-electron chi connectivity index (χ1n) is 7.47. The van der Waals surface area contributed by atoms with Gasteiger partial charge in [0.15, 0.2) is 11.5 Å². The van der Waals surface area contributed by atoms with Crippen molar-refractivity contribution in [1.29, 1.82) is 0 Å². The van der Waals surface area contributed by atoms with E-state index >= 15 is 0 Å². The number of rotatable bonds is 8. The Bertz CT molecular complexity index is 676.